The lowest BCUT2D eigenvalue weighted by Crippen LogP contribution is -2.31. The molecule has 0 spiro atoms. The minimum absolute atomic E-state index is 0.167. The molecule has 3 rings (SSSR count). The average molecular weight is 293 g/mol. The predicted octanol–water partition coefficient (Wildman–Crippen LogP) is 0.837. The highest BCUT2D eigenvalue weighted by atomic mass is 32.1. The molecule has 0 aromatic carbocycles. The van der Waals surface area contributed by atoms with Crippen LogP contribution in [0.3, 0.4) is 0 Å². The molecule has 20 heavy (non-hydrogen) atoms. The first-order valence-electron chi connectivity index (χ1n) is 6.34. The van der Waals surface area contributed by atoms with Crippen molar-refractivity contribution in [1.82, 2.24) is 24.9 Å². The third kappa shape index (κ3) is 2.32. The van der Waals surface area contributed by atoms with Gasteiger partial charge in [-0.25, -0.2) is 4.79 Å². The van der Waals surface area contributed by atoms with Gasteiger partial charge in [-0.3, -0.25) is 9.58 Å². The lowest BCUT2D eigenvalue weighted by molar-refractivity contribution is 0.0687. The second kappa shape index (κ2) is 4.95. The highest BCUT2D eigenvalue weighted by Crippen LogP contribution is 2.24. The zero-order valence-electron chi connectivity index (χ0n) is 11.3. The van der Waals surface area contributed by atoms with E-state index in [1.165, 1.54) is 0 Å². The van der Waals surface area contributed by atoms with E-state index in [1.54, 1.807) is 23.1 Å². The number of aromatic nitrogens is 4. The highest BCUT2D eigenvalue weighted by Gasteiger charge is 2.27. The van der Waals surface area contributed by atoms with Crippen molar-refractivity contribution in [1.29, 1.82) is 0 Å². The molecule has 2 aromatic rings. The first-order valence-corrected chi connectivity index (χ1v) is 7.15. The first kappa shape index (κ1) is 13.2. The van der Waals surface area contributed by atoms with Crippen LogP contribution >= 0.6 is 11.3 Å². The Labute approximate surface area is 119 Å². The van der Waals surface area contributed by atoms with Crippen LogP contribution in [-0.2, 0) is 26.6 Å². The third-order valence-corrected chi connectivity index (χ3v) is 4.27. The van der Waals surface area contributed by atoms with Gasteiger partial charge in [0, 0.05) is 37.8 Å². The minimum Gasteiger partial charge on any atom is -0.476 e. The largest absolute Gasteiger partial charge is 0.476 e. The van der Waals surface area contributed by atoms with Crippen LogP contribution in [0.4, 0.5) is 0 Å². The topological polar surface area (TPSA) is 84.1 Å². The van der Waals surface area contributed by atoms with E-state index in [2.05, 4.69) is 20.2 Å². The van der Waals surface area contributed by atoms with E-state index >= 15 is 0 Å². The quantitative estimate of drug-likeness (QED) is 0.902. The van der Waals surface area contributed by atoms with Crippen molar-refractivity contribution in [2.75, 3.05) is 6.54 Å². The Kier molecular flexibility index (Phi) is 3.27. The predicted molar refractivity (Wildman–Crippen MR) is 72.6 cm³/mol. The molecule has 1 aliphatic rings. The van der Waals surface area contributed by atoms with Crippen LogP contribution in [0.15, 0.2) is 0 Å². The highest BCUT2D eigenvalue weighted by molar-refractivity contribution is 7.11. The summed E-state index contributed by atoms with van der Waals surface area (Å²) in [5, 5.41) is 23.4. The van der Waals surface area contributed by atoms with Gasteiger partial charge >= 0.3 is 5.97 Å². The maximum atomic E-state index is 11.2. The average Bonchev–Trinajstić information content (AvgIpc) is 2.94. The van der Waals surface area contributed by atoms with E-state index in [9.17, 15) is 9.90 Å². The second-order valence-corrected chi connectivity index (χ2v) is 6.14. The smallest absolute Gasteiger partial charge is 0.356 e. The summed E-state index contributed by atoms with van der Waals surface area (Å²) >= 11 is 1.58. The van der Waals surface area contributed by atoms with Gasteiger partial charge in [-0.05, 0) is 6.92 Å². The van der Waals surface area contributed by atoms with Gasteiger partial charge in [0.2, 0.25) is 0 Å². The second-order valence-electron chi connectivity index (χ2n) is 4.88. The van der Waals surface area contributed by atoms with Gasteiger partial charge in [0.15, 0.2) is 5.69 Å². The number of aromatic carboxylic acids is 1. The number of aryl methyl sites for hydroxylation is 2. The van der Waals surface area contributed by atoms with Crippen LogP contribution in [-0.4, -0.2) is 42.5 Å². The molecule has 0 saturated carbocycles. The zero-order valence-corrected chi connectivity index (χ0v) is 12.1. The summed E-state index contributed by atoms with van der Waals surface area (Å²) in [4.78, 5) is 13.4. The number of nitrogens with zero attached hydrogens (tertiary/aromatic N) is 5. The molecule has 1 N–H and O–H groups in total. The fourth-order valence-electron chi connectivity index (χ4n) is 2.55. The molecule has 0 atom stereocenters. The number of rotatable bonds is 3. The zero-order chi connectivity index (χ0) is 14.3. The van der Waals surface area contributed by atoms with E-state index in [0.29, 0.717) is 13.1 Å². The normalized spacial score (nSPS) is 15.3. The molecule has 0 radical (unpaired) electrons. The maximum Gasteiger partial charge on any atom is 0.356 e. The Morgan fingerprint density at radius 2 is 2.25 bits per heavy atom. The molecule has 0 bridgehead atoms. The van der Waals surface area contributed by atoms with E-state index in [-0.39, 0.29) is 5.69 Å². The monoisotopic (exact) mass is 293 g/mol. The number of hydrogen-bond acceptors (Lipinski definition) is 6. The molecule has 0 fully saturated rings. The Morgan fingerprint density at radius 3 is 2.90 bits per heavy atom. The van der Waals surface area contributed by atoms with E-state index in [4.69, 9.17) is 0 Å². The summed E-state index contributed by atoms with van der Waals surface area (Å²) < 4.78 is 1.69. The van der Waals surface area contributed by atoms with Crippen molar-refractivity contribution in [3.8, 4) is 0 Å². The van der Waals surface area contributed by atoms with Crippen LogP contribution < -0.4 is 0 Å². The molecule has 3 heterocycles. The Balaban J connectivity index is 1.82. The van der Waals surface area contributed by atoms with Crippen molar-refractivity contribution >= 4 is 17.3 Å². The van der Waals surface area contributed by atoms with Crippen molar-refractivity contribution in [3.63, 3.8) is 0 Å². The first-order chi connectivity index (χ1) is 9.54. The Morgan fingerprint density at radius 1 is 1.45 bits per heavy atom. The standard InChI is InChI=1S/C12H15N5O2S/c1-7-13-14-10(20-7)6-17-4-3-9-8(5-17)11(12(18)19)15-16(9)2/h3-6H2,1-2H3,(H,18,19). The van der Waals surface area contributed by atoms with E-state index in [1.807, 2.05) is 6.92 Å². The van der Waals surface area contributed by atoms with Gasteiger partial charge in [-0.1, -0.05) is 0 Å². The molecule has 0 unspecified atom stereocenters. The van der Waals surface area contributed by atoms with Crippen molar-refractivity contribution in [2.24, 2.45) is 7.05 Å². The number of carboxylic acids is 1. The Bertz CT molecular complexity index is 663. The summed E-state index contributed by atoms with van der Waals surface area (Å²) in [5.41, 5.74) is 2.01. The summed E-state index contributed by atoms with van der Waals surface area (Å²) in [7, 11) is 1.80. The molecular weight excluding hydrogens is 278 g/mol. The molecule has 106 valence electrons. The van der Waals surface area contributed by atoms with Crippen LogP contribution in [0.1, 0.15) is 31.8 Å². The molecular formula is C12H15N5O2S. The fraction of sp³-hybridized carbons (Fsp3) is 0.500. The van der Waals surface area contributed by atoms with Crippen molar-refractivity contribution in [3.05, 3.63) is 27.0 Å². The van der Waals surface area contributed by atoms with Crippen LogP contribution in [0.25, 0.3) is 0 Å². The lowest BCUT2D eigenvalue weighted by atomic mass is 10.1. The minimum atomic E-state index is -0.963. The van der Waals surface area contributed by atoms with Gasteiger partial charge in [-0.2, -0.15) is 5.10 Å². The fourth-order valence-corrected chi connectivity index (χ4v) is 3.30. The SMILES string of the molecule is Cc1nnc(CN2CCc3c(c(C(=O)O)nn3C)C2)s1. The number of carboxylic acid groups (broad SMARTS) is 1. The molecule has 2 aromatic heterocycles. The van der Waals surface area contributed by atoms with Gasteiger partial charge < -0.3 is 5.11 Å². The molecule has 8 heteroatoms. The van der Waals surface area contributed by atoms with Gasteiger partial charge in [0.1, 0.15) is 10.0 Å². The van der Waals surface area contributed by atoms with Crippen LogP contribution in [0, 0.1) is 6.92 Å². The summed E-state index contributed by atoms with van der Waals surface area (Å²) in [5.74, 6) is -0.963. The van der Waals surface area contributed by atoms with E-state index in [0.717, 1.165) is 34.2 Å². The van der Waals surface area contributed by atoms with Crippen LogP contribution in [0.2, 0.25) is 0 Å². The molecule has 0 aliphatic carbocycles. The number of hydrogen-bond donors (Lipinski definition) is 1. The Hall–Kier alpha value is -1.80. The molecule has 0 saturated heterocycles. The van der Waals surface area contributed by atoms with Gasteiger partial charge in [-0.15, -0.1) is 21.5 Å². The number of fused-ring (bicyclic) bond motifs is 1. The third-order valence-electron chi connectivity index (χ3n) is 3.45. The molecule has 7 nitrogen and oxygen atoms in total. The van der Waals surface area contributed by atoms with Crippen LogP contribution in [0.5, 0.6) is 0 Å². The van der Waals surface area contributed by atoms with Gasteiger partial charge in [0.25, 0.3) is 0 Å². The lowest BCUT2D eigenvalue weighted by Gasteiger charge is -2.26. The summed E-state index contributed by atoms with van der Waals surface area (Å²) in [6.45, 7) is 4.12. The maximum absolute atomic E-state index is 11.2. The van der Waals surface area contributed by atoms with E-state index < -0.39 is 5.97 Å². The summed E-state index contributed by atoms with van der Waals surface area (Å²) in [6, 6.07) is 0. The van der Waals surface area contributed by atoms with Crippen molar-refractivity contribution in [2.45, 2.75) is 26.4 Å². The molecule has 0 amide bonds. The molecule has 1 aliphatic heterocycles. The van der Waals surface area contributed by atoms with Gasteiger partial charge in [0.05, 0.1) is 6.54 Å². The number of carbonyl (C=O) groups is 1. The summed E-state index contributed by atoms with van der Waals surface area (Å²) in [6.07, 6.45) is 0.809. The van der Waals surface area contributed by atoms with Crippen molar-refractivity contribution < 1.29 is 9.90 Å².